The lowest BCUT2D eigenvalue weighted by molar-refractivity contribution is -0.127. The highest BCUT2D eigenvalue weighted by Crippen LogP contribution is 2.27. The lowest BCUT2D eigenvalue weighted by Crippen LogP contribution is -2.36. The van der Waals surface area contributed by atoms with Gasteiger partial charge in [0.1, 0.15) is 11.6 Å². The summed E-state index contributed by atoms with van der Waals surface area (Å²) in [6.45, 7) is 1.41. The number of hydrogen-bond acceptors (Lipinski definition) is 4. The lowest BCUT2D eigenvalue weighted by atomic mass is 10.1. The van der Waals surface area contributed by atoms with Gasteiger partial charge in [-0.3, -0.25) is 4.79 Å². The second kappa shape index (κ2) is 6.80. The molecule has 0 atom stereocenters. The first-order chi connectivity index (χ1) is 10.2. The molecule has 1 aliphatic rings. The van der Waals surface area contributed by atoms with E-state index in [-0.39, 0.29) is 17.2 Å². The van der Waals surface area contributed by atoms with E-state index in [2.05, 4.69) is 0 Å². The Labute approximate surface area is 124 Å². The highest BCUT2D eigenvalue weighted by atomic mass is 16.5. The third-order valence-corrected chi connectivity index (χ3v) is 3.51. The van der Waals surface area contributed by atoms with Crippen LogP contribution in [0, 0.1) is 11.3 Å². The first-order valence-electron chi connectivity index (χ1n) is 6.94. The number of hydrogen-bond donors (Lipinski definition) is 1. The van der Waals surface area contributed by atoms with Crippen molar-refractivity contribution < 1.29 is 14.6 Å². The summed E-state index contributed by atoms with van der Waals surface area (Å²) in [6.07, 6.45) is 4.62. The van der Waals surface area contributed by atoms with Crippen LogP contribution in [0.1, 0.15) is 24.8 Å². The first kappa shape index (κ1) is 14.9. The molecule has 1 heterocycles. The van der Waals surface area contributed by atoms with Crippen LogP contribution in [0.3, 0.4) is 0 Å². The van der Waals surface area contributed by atoms with Crippen molar-refractivity contribution in [2.75, 3.05) is 20.2 Å². The molecule has 1 aromatic carbocycles. The van der Waals surface area contributed by atoms with Crippen molar-refractivity contribution in [3.05, 3.63) is 29.3 Å². The number of benzene rings is 1. The molecule has 0 radical (unpaired) electrons. The van der Waals surface area contributed by atoms with Crippen molar-refractivity contribution in [3.63, 3.8) is 0 Å². The fraction of sp³-hybridized carbons (Fsp3) is 0.375. The molecule has 1 aliphatic heterocycles. The fourth-order valence-corrected chi connectivity index (χ4v) is 2.36. The molecular weight excluding hydrogens is 268 g/mol. The number of piperidine rings is 1. The van der Waals surface area contributed by atoms with Crippen LogP contribution >= 0.6 is 0 Å². The summed E-state index contributed by atoms with van der Waals surface area (Å²) in [5.41, 5.74) is 0.746. The minimum atomic E-state index is -0.232. The second-order valence-electron chi connectivity index (χ2n) is 4.95. The third-order valence-electron chi connectivity index (χ3n) is 3.51. The number of likely N-dealkylation sites (tertiary alicyclic amines) is 1. The van der Waals surface area contributed by atoms with Crippen LogP contribution in [0.15, 0.2) is 23.8 Å². The van der Waals surface area contributed by atoms with Crippen LogP contribution in [0.2, 0.25) is 0 Å². The van der Waals surface area contributed by atoms with E-state index >= 15 is 0 Å². The number of nitriles is 1. The van der Waals surface area contributed by atoms with E-state index in [4.69, 9.17) is 4.74 Å². The minimum Gasteiger partial charge on any atom is -0.504 e. The molecule has 0 saturated carbocycles. The van der Waals surface area contributed by atoms with Crippen molar-refractivity contribution in [2.45, 2.75) is 19.3 Å². The first-order valence-corrected chi connectivity index (χ1v) is 6.94. The normalized spacial score (nSPS) is 15.4. The number of ether oxygens (including phenoxy) is 1. The zero-order valence-corrected chi connectivity index (χ0v) is 12.0. The zero-order chi connectivity index (χ0) is 15.2. The van der Waals surface area contributed by atoms with Gasteiger partial charge in [0.05, 0.1) is 7.11 Å². The molecule has 1 fully saturated rings. The third kappa shape index (κ3) is 3.54. The van der Waals surface area contributed by atoms with Gasteiger partial charge in [-0.05, 0) is 43.0 Å². The topological polar surface area (TPSA) is 73.6 Å². The monoisotopic (exact) mass is 286 g/mol. The van der Waals surface area contributed by atoms with Crippen molar-refractivity contribution in [3.8, 4) is 17.6 Å². The van der Waals surface area contributed by atoms with Crippen LogP contribution in [0.4, 0.5) is 0 Å². The van der Waals surface area contributed by atoms with Crippen LogP contribution in [-0.2, 0) is 4.79 Å². The van der Waals surface area contributed by atoms with E-state index in [9.17, 15) is 15.2 Å². The van der Waals surface area contributed by atoms with Gasteiger partial charge in [0.15, 0.2) is 11.5 Å². The molecule has 5 nitrogen and oxygen atoms in total. The largest absolute Gasteiger partial charge is 0.504 e. The van der Waals surface area contributed by atoms with E-state index in [0.29, 0.717) is 24.4 Å². The molecule has 0 aromatic heterocycles. The molecule has 21 heavy (non-hydrogen) atoms. The van der Waals surface area contributed by atoms with E-state index in [1.165, 1.54) is 19.3 Å². The van der Waals surface area contributed by atoms with Crippen molar-refractivity contribution in [1.82, 2.24) is 4.90 Å². The number of aromatic hydroxyl groups is 1. The van der Waals surface area contributed by atoms with Crippen LogP contribution in [0.5, 0.6) is 11.5 Å². The van der Waals surface area contributed by atoms with Gasteiger partial charge in [-0.15, -0.1) is 0 Å². The summed E-state index contributed by atoms with van der Waals surface area (Å²) in [7, 11) is 1.45. The quantitative estimate of drug-likeness (QED) is 0.683. The number of amides is 1. The maximum absolute atomic E-state index is 12.3. The van der Waals surface area contributed by atoms with Gasteiger partial charge in [0.25, 0.3) is 5.91 Å². The SMILES string of the molecule is COc1cc(/C=C(\C#N)C(=O)N2CCCCC2)ccc1O. The molecule has 5 heteroatoms. The average molecular weight is 286 g/mol. The summed E-state index contributed by atoms with van der Waals surface area (Å²) in [6, 6.07) is 6.67. The number of carbonyl (C=O) groups excluding carboxylic acids is 1. The highest BCUT2D eigenvalue weighted by molar-refractivity contribution is 6.01. The minimum absolute atomic E-state index is 0.0236. The average Bonchev–Trinajstić information content (AvgIpc) is 2.54. The zero-order valence-electron chi connectivity index (χ0n) is 12.0. The summed E-state index contributed by atoms with van der Waals surface area (Å²) < 4.78 is 5.02. The molecule has 0 aliphatic carbocycles. The maximum Gasteiger partial charge on any atom is 0.264 e. The molecule has 0 spiro atoms. The van der Waals surface area contributed by atoms with Gasteiger partial charge >= 0.3 is 0 Å². The van der Waals surface area contributed by atoms with Crippen molar-refractivity contribution in [2.24, 2.45) is 0 Å². The smallest absolute Gasteiger partial charge is 0.264 e. The van der Waals surface area contributed by atoms with E-state index < -0.39 is 0 Å². The Kier molecular flexibility index (Phi) is 4.83. The molecule has 1 amide bonds. The number of nitrogens with zero attached hydrogens (tertiary/aromatic N) is 2. The molecular formula is C16H18N2O3. The summed E-state index contributed by atoms with van der Waals surface area (Å²) in [4.78, 5) is 14.0. The van der Waals surface area contributed by atoms with Gasteiger partial charge in [-0.1, -0.05) is 6.07 Å². The molecule has 0 unspecified atom stereocenters. The predicted molar refractivity (Wildman–Crippen MR) is 78.7 cm³/mol. The highest BCUT2D eigenvalue weighted by Gasteiger charge is 2.20. The Hall–Kier alpha value is -2.48. The molecule has 1 N–H and O–H groups in total. The molecule has 0 bridgehead atoms. The Balaban J connectivity index is 2.24. The van der Waals surface area contributed by atoms with Gasteiger partial charge in [-0.25, -0.2) is 0 Å². The Morgan fingerprint density at radius 1 is 1.38 bits per heavy atom. The van der Waals surface area contributed by atoms with Crippen molar-refractivity contribution >= 4 is 12.0 Å². The fourth-order valence-electron chi connectivity index (χ4n) is 2.36. The van der Waals surface area contributed by atoms with Crippen LogP contribution < -0.4 is 4.74 Å². The van der Waals surface area contributed by atoms with E-state index in [1.54, 1.807) is 17.0 Å². The van der Waals surface area contributed by atoms with Gasteiger partial charge in [-0.2, -0.15) is 5.26 Å². The Morgan fingerprint density at radius 2 is 2.10 bits per heavy atom. The number of phenolic OH excluding ortho intramolecular Hbond substituents is 1. The van der Waals surface area contributed by atoms with Crippen LogP contribution in [-0.4, -0.2) is 36.1 Å². The standard InChI is InChI=1S/C16H18N2O3/c1-21-15-10-12(5-6-14(15)19)9-13(11-17)16(20)18-7-3-2-4-8-18/h5-6,9-10,19H,2-4,7-8H2,1H3/b13-9+. The number of phenols is 1. The molecule has 1 aromatic rings. The van der Waals surface area contributed by atoms with Gasteiger partial charge in [0.2, 0.25) is 0 Å². The van der Waals surface area contributed by atoms with E-state index in [1.807, 2.05) is 6.07 Å². The van der Waals surface area contributed by atoms with E-state index in [0.717, 1.165) is 19.3 Å². The molecule has 1 saturated heterocycles. The number of rotatable bonds is 3. The number of carbonyl (C=O) groups is 1. The lowest BCUT2D eigenvalue weighted by Gasteiger charge is -2.26. The number of methoxy groups -OCH3 is 1. The predicted octanol–water partition coefficient (Wildman–Crippen LogP) is 2.32. The molecule has 110 valence electrons. The summed E-state index contributed by atoms with van der Waals surface area (Å²) >= 11 is 0. The van der Waals surface area contributed by atoms with Crippen molar-refractivity contribution in [1.29, 1.82) is 5.26 Å². The van der Waals surface area contributed by atoms with Gasteiger partial charge < -0.3 is 14.7 Å². The Bertz CT molecular complexity index is 596. The summed E-state index contributed by atoms with van der Waals surface area (Å²) in [5.74, 6) is 0.103. The van der Waals surface area contributed by atoms with Crippen LogP contribution in [0.25, 0.3) is 6.08 Å². The maximum atomic E-state index is 12.3. The molecule has 2 rings (SSSR count). The Morgan fingerprint density at radius 3 is 2.71 bits per heavy atom. The van der Waals surface area contributed by atoms with Gasteiger partial charge in [0, 0.05) is 13.1 Å². The second-order valence-corrected chi connectivity index (χ2v) is 4.95. The summed E-state index contributed by atoms with van der Waals surface area (Å²) in [5, 5.41) is 18.8.